The van der Waals surface area contributed by atoms with Gasteiger partial charge in [0, 0.05) is 0 Å². The summed E-state index contributed by atoms with van der Waals surface area (Å²) in [7, 11) is 0. The van der Waals surface area contributed by atoms with Crippen LogP contribution >= 0.6 is 0 Å². The fraction of sp³-hybridized carbons (Fsp3) is 0.778. The van der Waals surface area contributed by atoms with Gasteiger partial charge in [-0.05, 0) is 122 Å². The Morgan fingerprint density at radius 2 is 0.903 bits per heavy atom. The third-order valence-corrected chi connectivity index (χ3v) is 5.95. The second-order valence-corrected chi connectivity index (χ2v) is 9.15. The van der Waals surface area contributed by atoms with E-state index >= 15 is 0 Å². The summed E-state index contributed by atoms with van der Waals surface area (Å²) in [5.41, 5.74) is 15.5. The van der Waals surface area contributed by atoms with Crippen LogP contribution in [0.1, 0.15) is 93.7 Å². The molecule has 0 saturated carbocycles. The van der Waals surface area contributed by atoms with Crippen molar-refractivity contribution in [3.8, 4) is 0 Å². The first-order valence-electron chi connectivity index (χ1n) is 13.2. The van der Waals surface area contributed by atoms with Gasteiger partial charge >= 0.3 is 0 Å². The highest BCUT2D eigenvalue weighted by Gasteiger charge is 2.01. The molecule has 0 saturated heterocycles. The van der Waals surface area contributed by atoms with E-state index in [9.17, 15) is 0 Å². The Kier molecular flexibility index (Phi) is 19.0. The predicted molar refractivity (Wildman–Crippen MR) is 138 cm³/mol. The van der Waals surface area contributed by atoms with Crippen molar-refractivity contribution in [2.45, 2.75) is 96.8 Å². The van der Waals surface area contributed by atoms with Crippen LogP contribution in [0.2, 0.25) is 0 Å². The van der Waals surface area contributed by atoms with E-state index in [2.05, 4.69) is 35.8 Å². The Hall–Kier alpha value is -0.940. The smallest absolute Gasteiger partial charge is 0.00484 e. The Morgan fingerprint density at radius 3 is 1.32 bits per heavy atom. The summed E-state index contributed by atoms with van der Waals surface area (Å²) in [5, 5.41) is 7.05. The Bertz CT molecular complexity index is 476. The zero-order valence-corrected chi connectivity index (χ0v) is 20.5. The molecule has 0 heterocycles. The monoisotopic (exact) mass is 432 g/mol. The minimum absolute atomic E-state index is 0.816. The summed E-state index contributed by atoms with van der Waals surface area (Å²) in [5.74, 6) is 0. The summed E-state index contributed by atoms with van der Waals surface area (Å²) < 4.78 is 0. The topological polar surface area (TPSA) is 76.1 Å². The molecule has 4 heteroatoms. The standard InChI is InChI=1S/C27H52N4/c1-25-22-26(14-6-2-4-10-18-30-20-12-8-16-28)24-27(23-25)15-7-3-5-11-19-31-21-13-9-17-29/h22-24,30-31H,2-21,28-29H2,1H3. The van der Waals surface area contributed by atoms with Gasteiger partial charge in [-0.2, -0.15) is 0 Å². The van der Waals surface area contributed by atoms with E-state index in [1.54, 1.807) is 0 Å². The zero-order chi connectivity index (χ0) is 22.4. The molecule has 31 heavy (non-hydrogen) atoms. The van der Waals surface area contributed by atoms with E-state index in [4.69, 9.17) is 11.5 Å². The molecule has 0 fully saturated rings. The molecule has 0 atom stereocenters. The number of rotatable bonds is 22. The zero-order valence-electron chi connectivity index (χ0n) is 20.5. The number of unbranched alkanes of at least 4 members (excludes halogenated alkanes) is 8. The molecule has 1 aromatic rings. The molecule has 6 N–H and O–H groups in total. The number of aryl methyl sites for hydroxylation is 3. The first kappa shape index (κ1) is 28.1. The fourth-order valence-electron chi connectivity index (χ4n) is 4.14. The molecule has 0 aliphatic rings. The van der Waals surface area contributed by atoms with Crippen molar-refractivity contribution in [3.05, 3.63) is 34.9 Å². The lowest BCUT2D eigenvalue weighted by molar-refractivity contribution is 0.569. The summed E-state index contributed by atoms with van der Waals surface area (Å²) in [6.45, 7) is 8.43. The Labute approximate surface area is 193 Å². The maximum atomic E-state index is 5.52. The SMILES string of the molecule is Cc1cc(CCCCCCNCCCCN)cc(CCCCCCNCCCCN)c1. The molecule has 4 nitrogen and oxygen atoms in total. The van der Waals surface area contributed by atoms with Crippen LogP contribution in [0.15, 0.2) is 18.2 Å². The molecule has 0 spiro atoms. The van der Waals surface area contributed by atoms with Gasteiger partial charge in [0.1, 0.15) is 0 Å². The van der Waals surface area contributed by atoms with Crippen molar-refractivity contribution < 1.29 is 0 Å². The average Bonchev–Trinajstić information content (AvgIpc) is 2.76. The molecule has 0 amide bonds. The van der Waals surface area contributed by atoms with Crippen LogP contribution in [0.4, 0.5) is 0 Å². The molecule has 180 valence electrons. The third kappa shape index (κ3) is 17.3. The molecular formula is C27H52N4. The molecular weight excluding hydrogens is 380 g/mol. The predicted octanol–water partition coefficient (Wildman–Crippen LogP) is 4.86. The number of nitrogens with one attached hydrogen (secondary N) is 2. The van der Waals surface area contributed by atoms with Crippen LogP contribution < -0.4 is 22.1 Å². The van der Waals surface area contributed by atoms with Crippen LogP contribution in [0.3, 0.4) is 0 Å². The highest BCUT2D eigenvalue weighted by Crippen LogP contribution is 2.16. The van der Waals surface area contributed by atoms with Gasteiger partial charge in [-0.15, -0.1) is 0 Å². The number of nitrogens with two attached hydrogens (primary N) is 2. The maximum Gasteiger partial charge on any atom is -0.00484 e. The van der Waals surface area contributed by atoms with Gasteiger partial charge in [-0.3, -0.25) is 0 Å². The van der Waals surface area contributed by atoms with Gasteiger partial charge in [0.15, 0.2) is 0 Å². The lowest BCUT2D eigenvalue weighted by atomic mass is 9.98. The number of hydrogen-bond donors (Lipinski definition) is 4. The first-order chi connectivity index (χ1) is 15.3. The Morgan fingerprint density at radius 1 is 0.516 bits per heavy atom. The first-order valence-corrected chi connectivity index (χ1v) is 13.2. The summed E-state index contributed by atoms with van der Waals surface area (Å²) in [4.78, 5) is 0. The van der Waals surface area contributed by atoms with Gasteiger partial charge in [0.2, 0.25) is 0 Å². The van der Waals surface area contributed by atoms with Crippen LogP contribution in [-0.2, 0) is 12.8 Å². The molecule has 0 bridgehead atoms. The van der Waals surface area contributed by atoms with E-state index in [0.29, 0.717) is 0 Å². The second kappa shape index (κ2) is 20.9. The van der Waals surface area contributed by atoms with Crippen molar-refractivity contribution >= 4 is 0 Å². The van der Waals surface area contributed by atoms with E-state index < -0.39 is 0 Å². The fourth-order valence-corrected chi connectivity index (χ4v) is 4.14. The van der Waals surface area contributed by atoms with Crippen molar-refractivity contribution in [1.82, 2.24) is 10.6 Å². The third-order valence-electron chi connectivity index (χ3n) is 5.95. The minimum Gasteiger partial charge on any atom is -0.330 e. The molecule has 0 aromatic heterocycles. The van der Waals surface area contributed by atoms with Crippen LogP contribution in [0, 0.1) is 6.92 Å². The van der Waals surface area contributed by atoms with Crippen LogP contribution in [0.25, 0.3) is 0 Å². The normalized spacial score (nSPS) is 11.3. The van der Waals surface area contributed by atoms with Crippen molar-refractivity contribution in [2.75, 3.05) is 39.3 Å². The lowest BCUT2D eigenvalue weighted by Crippen LogP contribution is -2.17. The van der Waals surface area contributed by atoms with E-state index in [1.807, 2.05) is 0 Å². The second-order valence-electron chi connectivity index (χ2n) is 9.15. The van der Waals surface area contributed by atoms with Gasteiger partial charge in [-0.25, -0.2) is 0 Å². The minimum atomic E-state index is 0.816. The largest absolute Gasteiger partial charge is 0.330 e. The average molecular weight is 433 g/mol. The highest BCUT2D eigenvalue weighted by atomic mass is 14.8. The van der Waals surface area contributed by atoms with E-state index in [-0.39, 0.29) is 0 Å². The molecule has 0 radical (unpaired) electrons. The molecule has 1 rings (SSSR count). The number of benzene rings is 1. The molecule has 0 unspecified atom stereocenters. The number of hydrogen-bond acceptors (Lipinski definition) is 4. The van der Waals surface area contributed by atoms with Gasteiger partial charge in [-0.1, -0.05) is 49.4 Å². The quantitative estimate of drug-likeness (QED) is 0.197. The van der Waals surface area contributed by atoms with E-state index in [0.717, 1.165) is 52.1 Å². The van der Waals surface area contributed by atoms with Gasteiger partial charge in [0.05, 0.1) is 0 Å². The van der Waals surface area contributed by atoms with Gasteiger partial charge in [0.25, 0.3) is 0 Å². The van der Waals surface area contributed by atoms with Crippen molar-refractivity contribution in [2.24, 2.45) is 11.5 Å². The van der Waals surface area contributed by atoms with Crippen molar-refractivity contribution in [1.29, 1.82) is 0 Å². The maximum absolute atomic E-state index is 5.52. The summed E-state index contributed by atoms with van der Waals surface area (Å²) in [6.07, 6.45) is 17.7. The van der Waals surface area contributed by atoms with Crippen molar-refractivity contribution in [3.63, 3.8) is 0 Å². The summed E-state index contributed by atoms with van der Waals surface area (Å²) in [6, 6.07) is 7.24. The molecule has 0 aliphatic heterocycles. The molecule has 0 aliphatic carbocycles. The van der Waals surface area contributed by atoms with Gasteiger partial charge < -0.3 is 22.1 Å². The van der Waals surface area contributed by atoms with Crippen LogP contribution in [0.5, 0.6) is 0 Å². The van der Waals surface area contributed by atoms with E-state index in [1.165, 1.54) is 93.7 Å². The molecule has 1 aromatic carbocycles. The summed E-state index contributed by atoms with van der Waals surface area (Å²) >= 11 is 0. The highest BCUT2D eigenvalue weighted by molar-refractivity contribution is 5.29. The lowest BCUT2D eigenvalue weighted by Gasteiger charge is -2.09. The Balaban J connectivity index is 2.06. The van der Waals surface area contributed by atoms with Crippen LogP contribution in [-0.4, -0.2) is 39.3 Å².